The number of amides is 1. The Balaban J connectivity index is 1.45. The Morgan fingerprint density at radius 1 is 1.21 bits per heavy atom. The zero-order valence-corrected chi connectivity index (χ0v) is 16.7. The zero-order chi connectivity index (χ0) is 20.4. The minimum atomic E-state index is -0.566. The van der Waals surface area contributed by atoms with Crippen LogP contribution in [0, 0.1) is 6.92 Å². The number of para-hydroxylation sites is 1. The Kier molecular flexibility index (Phi) is 5.53. The first-order chi connectivity index (χ1) is 14.0. The highest BCUT2D eigenvalue weighted by Gasteiger charge is 2.23. The number of fused-ring (bicyclic) bond motifs is 1. The van der Waals surface area contributed by atoms with E-state index in [0.29, 0.717) is 17.7 Å². The number of hydrogen-bond donors (Lipinski definition) is 3. The van der Waals surface area contributed by atoms with Crippen molar-refractivity contribution in [2.75, 3.05) is 0 Å². The molecule has 1 saturated carbocycles. The Bertz CT molecular complexity index is 1070. The molecule has 1 aliphatic carbocycles. The SMILES string of the molecule is Cc1cc(CCc2c[nH]c3ccccc23)oc(=O)c1C(=O)NC1CCC(N)CC1. The van der Waals surface area contributed by atoms with Crippen LogP contribution in [-0.2, 0) is 12.8 Å². The number of aromatic nitrogens is 1. The van der Waals surface area contributed by atoms with Gasteiger partial charge >= 0.3 is 5.63 Å². The third kappa shape index (κ3) is 4.27. The molecule has 4 rings (SSSR count). The summed E-state index contributed by atoms with van der Waals surface area (Å²) in [4.78, 5) is 28.4. The van der Waals surface area contributed by atoms with Gasteiger partial charge in [0.2, 0.25) is 0 Å². The Morgan fingerprint density at radius 2 is 1.97 bits per heavy atom. The first-order valence-electron chi connectivity index (χ1n) is 10.3. The van der Waals surface area contributed by atoms with E-state index < -0.39 is 5.63 Å². The second kappa shape index (κ2) is 8.25. The molecular formula is C23H27N3O3. The zero-order valence-electron chi connectivity index (χ0n) is 16.7. The molecule has 0 bridgehead atoms. The predicted molar refractivity (Wildman–Crippen MR) is 113 cm³/mol. The molecule has 4 N–H and O–H groups in total. The molecular weight excluding hydrogens is 366 g/mol. The van der Waals surface area contributed by atoms with E-state index in [0.717, 1.165) is 37.6 Å². The number of H-pyrrole nitrogens is 1. The molecule has 0 saturated heterocycles. The third-order valence-electron chi connectivity index (χ3n) is 5.85. The molecule has 0 radical (unpaired) electrons. The van der Waals surface area contributed by atoms with Crippen molar-refractivity contribution in [3.8, 4) is 0 Å². The number of rotatable bonds is 5. The van der Waals surface area contributed by atoms with Gasteiger partial charge in [-0.2, -0.15) is 0 Å². The van der Waals surface area contributed by atoms with Crippen LogP contribution in [0.5, 0.6) is 0 Å². The van der Waals surface area contributed by atoms with E-state index in [9.17, 15) is 9.59 Å². The number of carbonyl (C=O) groups excluding carboxylic acids is 1. The van der Waals surface area contributed by atoms with Crippen molar-refractivity contribution in [3.05, 3.63) is 69.4 Å². The molecule has 3 aromatic rings. The van der Waals surface area contributed by atoms with Crippen LogP contribution >= 0.6 is 0 Å². The number of nitrogens with one attached hydrogen (secondary N) is 2. The van der Waals surface area contributed by atoms with Crippen LogP contribution in [0.1, 0.15) is 52.9 Å². The molecule has 1 fully saturated rings. The highest BCUT2D eigenvalue weighted by Crippen LogP contribution is 2.20. The summed E-state index contributed by atoms with van der Waals surface area (Å²) < 4.78 is 5.48. The van der Waals surface area contributed by atoms with E-state index in [1.54, 1.807) is 6.92 Å². The van der Waals surface area contributed by atoms with Crippen LogP contribution in [-0.4, -0.2) is 23.0 Å². The average Bonchev–Trinajstić information content (AvgIpc) is 3.11. The number of benzene rings is 1. The van der Waals surface area contributed by atoms with Crippen LogP contribution in [0.15, 0.2) is 45.7 Å². The smallest absolute Gasteiger partial charge is 0.349 e. The average molecular weight is 393 g/mol. The van der Waals surface area contributed by atoms with Gasteiger partial charge in [0.1, 0.15) is 11.3 Å². The van der Waals surface area contributed by atoms with Crippen molar-refractivity contribution < 1.29 is 9.21 Å². The maximum absolute atomic E-state index is 12.6. The van der Waals surface area contributed by atoms with Crippen molar-refractivity contribution in [1.82, 2.24) is 10.3 Å². The van der Waals surface area contributed by atoms with Crippen molar-refractivity contribution in [2.45, 2.75) is 57.5 Å². The van der Waals surface area contributed by atoms with E-state index >= 15 is 0 Å². The Labute approximate surface area is 169 Å². The van der Waals surface area contributed by atoms with Gasteiger partial charge in [-0.1, -0.05) is 18.2 Å². The van der Waals surface area contributed by atoms with E-state index in [1.165, 1.54) is 10.9 Å². The van der Waals surface area contributed by atoms with Gasteiger partial charge in [0.15, 0.2) is 0 Å². The van der Waals surface area contributed by atoms with Gasteiger partial charge in [0, 0.05) is 35.6 Å². The first kappa shape index (κ1) is 19.5. The fourth-order valence-electron chi connectivity index (χ4n) is 4.19. The lowest BCUT2D eigenvalue weighted by molar-refractivity contribution is 0.0920. The summed E-state index contributed by atoms with van der Waals surface area (Å²) in [7, 11) is 0. The second-order valence-corrected chi connectivity index (χ2v) is 8.00. The molecule has 152 valence electrons. The molecule has 1 aromatic carbocycles. The summed E-state index contributed by atoms with van der Waals surface area (Å²) in [6.45, 7) is 1.79. The molecule has 6 nitrogen and oxygen atoms in total. The maximum atomic E-state index is 12.6. The molecule has 0 spiro atoms. The number of aromatic amines is 1. The normalized spacial score (nSPS) is 19.4. The lowest BCUT2D eigenvalue weighted by Gasteiger charge is -2.26. The third-order valence-corrected chi connectivity index (χ3v) is 5.85. The van der Waals surface area contributed by atoms with Crippen LogP contribution < -0.4 is 16.7 Å². The molecule has 0 aliphatic heterocycles. The van der Waals surface area contributed by atoms with E-state index in [-0.39, 0.29) is 23.6 Å². The van der Waals surface area contributed by atoms with Gasteiger partial charge in [-0.05, 0) is 62.3 Å². The predicted octanol–water partition coefficient (Wildman–Crippen LogP) is 3.21. The largest absolute Gasteiger partial charge is 0.427 e. The monoisotopic (exact) mass is 393 g/mol. The standard InChI is InChI=1S/C23H27N3O3/c1-14-12-18(11-6-15-13-25-20-5-3-2-4-19(15)20)29-23(28)21(14)22(27)26-17-9-7-16(24)8-10-17/h2-5,12-13,16-17,25H,6-11,24H2,1H3,(H,26,27). The molecule has 0 unspecified atom stereocenters. The molecule has 2 aromatic heterocycles. The first-order valence-corrected chi connectivity index (χ1v) is 10.3. The number of aryl methyl sites for hydroxylation is 3. The molecule has 2 heterocycles. The molecule has 1 aliphatic rings. The molecule has 1 amide bonds. The molecule has 0 atom stereocenters. The summed E-state index contributed by atoms with van der Waals surface area (Å²) in [6, 6.07) is 10.2. The fraction of sp³-hybridized carbons (Fsp3) is 0.391. The second-order valence-electron chi connectivity index (χ2n) is 8.00. The van der Waals surface area contributed by atoms with E-state index in [4.69, 9.17) is 10.2 Å². The molecule has 6 heteroatoms. The van der Waals surface area contributed by atoms with Gasteiger partial charge in [-0.15, -0.1) is 0 Å². The van der Waals surface area contributed by atoms with Crippen LogP contribution in [0.3, 0.4) is 0 Å². The maximum Gasteiger partial charge on any atom is 0.349 e. The Morgan fingerprint density at radius 3 is 2.72 bits per heavy atom. The summed E-state index contributed by atoms with van der Waals surface area (Å²) >= 11 is 0. The van der Waals surface area contributed by atoms with Gasteiger partial charge in [-0.3, -0.25) is 4.79 Å². The van der Waals surface area contributed by atoms with Crippen molar-refractivity contribution in [2.24, 2.45) is 5.73 Å². The van der Waals surface area contributed by atoms with Crippen LogP contribution in [0.4, 0.5) is 0 Å². The lowest BCUT2D eigenvalue weighted by atomic mass is 9.91. The lowest BCUT2D eigenvalue weighted by Crippen LogP contribution is -2.42. The van der Waals surface area contributed by atoms with Gasteiger partial charge < -0.3 is 20.5 Å². The summed E-state index contributed by atoms with van der Waals surface area (Å²) in [6.07, 6.45) is 6.82. The summed E-state index contributed by atoms with van der Waals surface area (Å²) in [5.74, 6) is 0.248. The topological polar surface area (TPSA) is 101 Å². The van der Waals surface area contributed by atoms with Crippen LogP contribution in [0.2, 0.25) is 0 Å². The van der Waals surface area contributed by atoms with Crippen molar-refractivity contribution in [3.63, 3.8) is 0 Å². The number of hydrogen-bond acceptors (Lipinski definition) is 4. The van der Waals surface area contributed by atoms with E-state index in [2.05, 4.69) is 16.4 Å². The number of carbonyl (C=O) groups is 1. The van der Waals surface area contributed by atoms with Crippen molar-refractivity contribution in [1.29, 1.82) is 0 Å². The van der Waals surface area contributed by atoms with Gasteiger partial charge in [0.25, 0.3) is 5.91 Å². The van der Waals surface area contributed by atoms with Gasteiger partial charge in [0.05, 0.1) is 0 Å². The highest BCUT2D eigenvalue weighted by molar-refractivity contribution is 5.95. The fourth-order valence-corrected chi connectivity index (χ4v) is 4.19. The quantitative estimate of drug-likeness (QED) is 0.619. The number of nitrogens with two attached hydrogens (primary N) is 1. The highest BCUT2D eigenvalue weighted by atomic mass is 16.4. The van der Waals surface area contributed by atoms with Gasteiger partial charge in [-0.25, -0.2) is 4.79 Å². The summed E-state index contributed by atoms with van der Waals surface area (Å²) in [5.41, 5.74) is 8.38. The molecule has 29 heavy (non-hydrogen) atoms. The summed E-state index contributed by atoms with van der Waals surface area (Å²) in [5, 5.41) is 4.15. The minimum absolute atomic E-state index is 0.0719. The van der Waals surface area contributed by atoms with Crippen LogP contribution in [0.25, 0.3) is 10.9 Å². The Hall–Kier alpha value is -2.86. The van der Waals surface area contributed by atoms with Crippen molar-refractivity contribution >= 4 is 16.8 Å². The van der Waals surface area contributed by atoms with E-state index in [1.807, 2.05) is 30.5 Å². The minimum Gasteiger partial charge on any atom is -0.427 e.